The molecule has 0 bridgehead atoms. The fourth-order valence-corrected chi connectivity index (χ4v) is 4.29. The second-order valence-corrected chi connectivity index (χ2v) is 7.68. The van der Waals surface area contributed by atoms with Crippen LogP contribution in [0.3, 0.4) is 0 Å². The van der Waals surface area contributed by atoms with Gasteiger partial charge in [0.05, 0.1) is 18.2 Å². The lowest BCUT2D eigenvalue weighted by Crippen LogP contribution is -2.11. The van der Waals surface area contributed by atoms with Gasteiger partial charge >= 0.3 is 0 Å². The Morgan fingerprint density at radius 3 is 1.50 bits per heavy atom. The van der Waals surface area contributed by atoms with E-state index in [1.54, 1.807) is 35.7 Å². The molecule has 0 N–H and O–H groups in total. The van der Waals surface area contributed by atoms with E-state index < -0.39 is 11.6 Å². The van der Waals surface area contributed by atoms with Crippen LogP contribution in [0.4, 0.5) is 0 Å². The molecule has 0 fully saturated rings. The first kappa shape index (κ1) is 13.9. The first-order chi connectivity index (χ1) is 8.65. The monoisotopic (exact) mass is 314 g/mol. The van der Waals surface area contributed by atoms with Gasteiger partial charge in [0.2, 0.25) is 11.6 Å². The smallest absolute Gasteiger partial charge is 0.244 e. The Hall–Kier alpha value is -0.560. The maximum atomic E-state index is 12.0. The first-order valence-corrected chi connectivity index (χ1v) is 9.10. The number of thiophene rings is 2. The van der Waals surface area contributed by atoms with Crippen molar-refractivity contribution in [3.63, 3.8) is 0 Å². The van der Waals surface area contributed by atoms with Crippen molar-refractivity contribution in [1.29, 1.82) is 0 Å². The summed E-state index contributed by atoms with van der Waals surface area (Å²) in [5, 5.41) is 0. The number of carbonyl (C=O) groups excluding carboxylic acids is 2. The standard InChI is InChI=1S/C12H10O2S4/c1-15-9-5-3-7(17-9)11(13)12(14)8-4-6-10(16-2)18-8/h3-6H,1-2H3. The zero-order valence-corrected chi connectivity index (χ0v) is 13.0. The Kier molecular flexibility index (Phi) is 4.66. The van der Waals surface area contributed by atoms with Crippen LogP contribution in [0.15, 0.2) is 32.7 Å². The van der Waals surface area contributed by atoms with E-state index >= 15 is 0 Å². The topological polar surface area (TPSA) is 34.1 Å². The lowest BCUT2D eigenvalue weighted by Gasteiger charge is -1.94. The molecular formula is C12H10O2S4. The Labute approximate surface area is 122 Å². The van der Waals surface area contributed by atoms with E-state index in [-0.39, 0.29) is 0 Å². The van der Waals surface area contributed by atoms with Gasteiger partial charge in [0, 0.05) is 0 Å². The van der Waals surface area contributed by atoms with E-state index in [0.717, 1.165) is 8.42 Å². The number of ketones is 2. The van der Waals surface area contributed by atoms with Gasteiger partial charge in [0.25, 0.3) is 0 Å². The number of hydrogen-bond acceptors (Lipinski definition) is 6. The quantitative estimate of drug-likeness (QED) is 0.467. The molecule has 2 nitrogen and oxygen atoms in total. The van der Waals surface area contributed by atoms with E-state index in [2.05, 4.69) is 0 Å². The average molecular weight is 314 g/mol. The molecular weight excluding hydrogens is 304 g/mol. The van der Waals surface area contributed by atoms with Crippen LogP contribution < -0.4 is 0 Å². The first-order valence-electron chi connectivity index (χ1n) is 5.02. The van der Waals surface area contributed by atoms with Crippen LogP contribution >= 0.6 is 46.2 Å². The van der Waals surface area contributed by atoms with Crippen LogP contribution in [0.2, 0.25) is 0 Å². The summed E-state index contributed by atoms with van der Waals surface area (Å²) >= 11 is 5.89. The van der Waals surface area contributed by atoms with Crippen LogP contribution in [0.1, 0.15) is 19.3 Å². The fraction of sp³-hybridized carbons (Fsp3) is 0.167. The summed E-state index contributed by atoms with van der Waals surface area (Å²) in [6.45, 7) is 0. The van der Waals surface area contributed by atoms with E-state index in [4.69, 9.17) is 0 Å². The van der Waals surface area contributed by atoms with Gasteiger partial charge < -0.3 is 0 Å². The molecule has 0 saturated carbocycles. The van der Waals surface area contributed by atoms with Crippen molar-refractivity contribution in [1.82, 2.24) is 0 Å². The SMILES string of the molecule is CSc1ccc(C(=O)C(=O)c2ccc(SC)s2)s1. The van der Waals surface area contributed by atoms with E-state index in [1.165, 1.54) is 22.7 Å². The van der Waals surface area contributed by atoms with Crippen molar-refractivity contribution in [3.05, 3.63) is 34.0 Å². The van der Waals surface area contributed by atoms with Crippen molar-refractivity contribution in [3.8, 4) is 0 Å². The Morgan fingerprint density at radius 2 is 1.22 bits per heavy atom. The molecule has 2 heterocycles. The molecule has 94 valence electrons. The minimum atomic E-state index is -0.408. The highest BCUT2D eigenvalue weighted by Gasteiger charge is 2.21. The third kappa shape index (κ3) is 2.88. The van der Waals surface area contributed by atoms with Crippen molar-refractivity contribution in [2.75, 3.05) is 12.5 Å². The Bertz CT molecular complexity index is 530. The molecule has 0 radical (unpaired) electrons. The minimum absolute atomic E-state index is 0.408. The molecule has 0 atom stereocenters. The molecule has 6 heteroatoms. The molecule has 2 rings (SSSR count). The zero-order valence-electron chi connectivity index (χ0n) is 9.76. The summed E-state index contributed by atoms with van der Waals surface area (Å²) in [5.41, 5.74) is 0. The highest BCUT2D eigenvalue weighted by molar-refractivity contribution is 8.00. The Morgan fingerprint density at radius 1 is 0.833 bits per heavy atom. The summed E-state index contributed by atoms with van der Waals surface area (Å²) in [6.07, 6.45) is 3.90. The normalized spacial score (nSPS) is 10.6. The lowest BCUT2D eigenvalue weighted by molar-refractivity contribution is 0.0821. The van der Waals surface area contributed by atoms with E-state index in [1.807, 2.05) is 24.6 Å². The number of rotatable bonds is 5. The average Bonchev–Trinajstić information content (AvgIpc) is 3.05. The van der Waals surface area contributed by atoms with Crippen molar-refractivity contribution >= 4 is 57.8 Å². The van der Waals surface area contributed by atoms with Crippen LogP contribution in [0, 0.1) is 0 Å². The van der Waals surface area contributed by atoms with Gasteiger partial charge in [0.15, 0.2) is 0 Å². The van der Waals surface area contributed by atoms with Gasteiger partial charge in [-0.1, -0.05) is 0 Å². The predicted molar refractivity (Wildman–Crippen MR) is 80.9 cm³/mol. The molecule has 0 amide bonds. The fourth-order valence-electron chi connectivity index (χ4n) is 1.33. The number of carbonyl (C=O) groups is 2. The number of hydrogen-bond donors (Lipinski definition) is 0. The summed E-state index contributed by atoms with van der Waals surface area (Å²) in [7, 11) is 0. The number of Topliss-reactive ketones (excluding diaryl/α,β-unsaturated/α-hetero) is 2. The van der Waals surface area contributed by atoms with Crippen molar-refractivity contribution < 1.29 is 9.59 Å². The predicted octanol–water partition coefficient (Wildman–Crippen LogP) is 4.32. The van der Waals surface area contributed by atoms with Gasteiger partial charge in [0.1, 0.15) is 0 Å². The molecule has 2 aromatic rings. The lowest BCUT2D eigenvalue weighted by atomic mass is 10.2. The van der Waals surface area contributed by atoms with Gasteiger partial charge in [-0.3, -0.25) is 9.59 Å². The summed E-state index contributed by atoms with van der Waals surface area (Å²) in [4.78, 5) is 25.1. The maximum absolute atomic E-state index is 12.0. The molecule has 0 aromatic carbocycles. The van der Waals surface area contributed by atoms with Gasteiger partial charge in [-0.25, -0.2) is 0 Å². The van der Waals surface area contributed by atoms with Crippen LogP contribution in [0.5, 0.6) is 0 Å². The summed E-state index contributed by atoms with van der Waals surface area (Å²) in [6, 6.07) is 7.19. The van der Waals surface area contributed by atoms with Gasteiger partial charge in [-0.2, -0.15) is 0 Å². The maximum Gasteiger partial charge on any atom is 0.244 e. The molecule has 0 spiro atoms. The van der Waals surface area contributed by atoms with Gasteiger partial charge in [-0.15, -0.1) is 46.2 Å². The van der Waals surface area contributed by atoms with Gasteiger partial charge in [-0.05, 0) is 36.8 Å². The molecule has 0 saturated heterocycles. The third-order valence-electron chi connectivity index (χ3n) is 2.22. The van der Waals surface area contributed by atoms with E-state index in [9.17, 15) is 9.59 Å². The second kappa shape index (κ2) is 6.06. The molecule has 18 heavy (non-hydrogen) atoms. The molecule has 2 aromatic heterocycles. The highest BCUT2D eigenvalue weighted by Crippen LogP contribution is 2.29. The highest BCUT2D eigenvalue weighted by atomic mass is 32.2. The summed E-state index contributed by atoms with van der Waals surface area (Å²) < 4.78 is 2.09. The van der Waals surface area contributed by atoms with Crippen LogP contribution in [-0.4, -0.2) is 24.1 Å². The summed E-state index contributed by atoms with van der Waals surface area (Å²) in [5.74, 6) is -0.815. The molecule has 0 aliphatic carbocycles. The van der Waals surface area contributed by atoms with E-state index in [0.29, 0.717) is 9.75 Å². The molecule has 0 unspecified atom stereocenters. The molecule has 0 aliphatic rings. The Balaban J connectivity index is 2.20. The largest absolute Gasteiger partial charge is 0.284 e. The molecule has 0 aliphatic heterocycles. The zero-order chi connectivity index (χ0) is 13.1. The minimum Gasteiger partial charge on any atom is -0.284 e. The van der Waals surface area contributed by atoms with Crippen molar-refractivity contribution in [2.45, 2.75) is 8.42 Å². The van der Waals surface area contributed by atoms with Crippen LogP contribution in [0.25, 0.3) is 0 Å². The second-order valence-electron chi connectivity index (χ2n) is 3.30. The van der Waals surface area contributed by atoms with Crippen molar-refractivity contribution in [2.24, 2.45) is 0 Å². The third-order valence-corrected chi connectivity index (χ3v) is 6.55. The number of thioether (sulfide) groups is 2. The van der Waals surface area contributed by atoms with Crippen LogP contribution in [-0.2, 0) is 0 Å².